The standard InChI is InChI=1S/C20H24N2O4S2/c1-15-5-6-16(2)19(14-15)28(25,26)22-11-9-21(10-12-22)20(24)8-7-17(23)18-4-3-13-27-18/h3-6,13-14H,7-12H2,1-2H3. The molecule has 1 amide bonds. The number of hydrogen-bond donors (Lipinski definition) is 0. The number of rotatable bonds is 6. The smallest absolute Gasteiger partial charge is 0.243 e. The van der Waals surface area contributed by atoms with Gasteiger partial charge in [-0.1, -0.05) is 18.2 Å². The molecule has 28 heavy (non-hydrogen) atoms. The second-order valence-electron chi connectivity index (χ2n) is 6.95. The Kier molecular flexibility index (Phi) is 6.32. The summed E-state index contributed by atoms with van der Waals surface area (Å²) in [6.07, 6.45) is 0.334. The molecule has 0 bridgehead atoms. The van der Waals surface area contributed by atoms with Crippen molar-refractivity contribution in [3.63, 3.8) is 0 Å². The molecule has 1 aromatic heterocycles. The Balaban J connectivity index is 1.57. The highest BCUT2D eigenvalue weighted by atomic mass is 32.2. The third kappa shape index (κ3) is 4.51. The van der Waals surface area contributed by atoms with E-state index < -0.39 is 10.0 Å². The summed E-state index contributed by atoms with van der Waals surface area (Å²) >= 11 is 1.37. The van der Waals surface area contributed by atoms with E-state index in [1.54, 1.807) is 24.0 Å². The van der Waals surface area contributed by atoms with Gasteiger partial charge in [-0.25, -0.2) is 8.42 Å². The molecule has 6 nitrogen and oxygen atoms in total. The van der Waals surface area contributed by atoms with Crippen LogP contribution in [0, 0.1) is 13.8 Å². The van der Waals surface area contributed by atoms with Crippen molar-refractivity contribution in [3.8, 4) is 0 Å². The van der Waals surface area contributed by atoms with E-state index in [4.69, 9.17) is 0 Å². The highest BCUT2D eigenvalue weighted by molar-refractivity contribution is 7.89. The van der Waals surface area contributed by atoms with Crippen LogP contribution in [0.5, 0.6) is 0 Å². The van der Waals surface area contributed by atoms with E-state index in [0.717, 1.165) is 11.1 Å². The largest absolute Gasteiger partial charge is 0.340 e. The lowest BCUT2D eigenvalue weighted by atomic mass is 10.1. The van der Waals surface area contributed by atoms with Crippen LogP contribution in [0.2, 0.25) is 0 Å². The number of thiophene rings is 1. The predicted octanol–water partition coefficient (Wildman–Crippen LogP) is 2.86. The molecule has 1 fully saturated rings. The molecule has 0 saturated carbocycles. The van der Waals surface area contributed by atoms with Crippen LogP contribution < -0.4 is 0 Å². The first kappa shape index (κ1) is 20.7. The van der Waals surface area contributed by atoms with Gasteiger partial charge in [0.25, 0.3) is 0 Å². The molecule has 1 aromatic carbocycles. The summed E-state index contributed by atoms with van der Waals surface area (Å²) in [7, 11) is -3.58. The van der Waals surface area contributed by atoms with Crippen LogP contribution in [0.15, 0.2) is 40.6 Å². The van der Waals surface area contributed by atoms with Crippen molar-refractivity contribution in [2.45, 2.75) is 31.6 Å². The van der Waals surface area contributed by atoms with Gasteiger partial charge in [0.15, 0.2) is 5.78 Å². The first-order valence-corrected chi connectivity index (χ1v) is 11.5. The lowest BCUT2D eigenvalue weighted by Gasteiger charge is -2.34. The normalized spacial score (nSPS) is 15.6. The minimum atomic E-state index is -3.58. The highest BCUT2D eigenvalue weighted by Crippen LogP contribution is 2.22. The van der Waals surface area contributed by atoms with Gasteiger partial charge in [-0.15, -0.1) is 11.3 Å². The maximum absolute atomic E-state index is 13.0. The van der Waals surface area contributed by atoms with Crippen molar-refractivity contribution in [3.05, 3.63) is 51.7 Å². The van der Waals surface area contributed by atoms with Gasteiger partial charge in [0.2, 0.25) is 15.9 Å². The Bertz CT molecular complexity index is 960. The summed E-state index contributed by atoms with van der Waals surface area (Å²) in [6.45, 7) is 4.87. The summed E-state index contributed by atoms with van der Waals surface area (Å²) in [5.74, 6) is -0.131. The number of amides is 1. The minimum Gasteiger partial charge on any atom is -0.340 e. The summed E-state index contributed by atoms with van der Waals surface area (Å²) in [5, 5.41) is 1.84. The first-order valence-electron chi connectivity index (χ1n) is 9.21. The van der Waals surface area contributed by atoms with Crippen LogP contribution in [-0.4, -0.2) is 55.5 Å². The molecule has 8 heteroatoms. The van der Waals surface area contributed by atoms with Crippen molar-refractivity contribution in [1.29, 1.82) is 0 Å². The van der Waals surface area contributed by atoms with Crippen LogP contribution in [0.1, 0.15) is 33.6 Å². The highest BCUT2D eigenvalue weighted by Gasteiger charge is 2.31. The third-order valence-electron chi connectivity index (χ3n) is 4.91. The maximum Gasteiger partial charge on any atom is 0.243 e. The number of nitrogens with zero attached hydrogens (tertiary/aromatic N) is 2. The average molecular weight is 421 g/mol. The number of ketones is 1. The van der Waals surface area contributed by atoms with Crippen LogP contribution in [-0.2, 0) is 14.8 Å². The zero-order chi connectivity index (χ0) is 20.3. The van der Waals surface area contributed by atoms with Gasteiger partial charge in [0.05, 0.1) is 9.77 Å². The topological polar surface area (TPSA) is 74.8 Å². The van der Waals surface area contributed by atoms with Crippen molar-refractivity contribution in [1.82, 2.24) is 9.21 Å². The van der Waals surface area contributed by atoms with Crippen molar-refractivity contribution >= 4 is 33.1 Å². The molecule has 0 N–H and O–H groups in total. The zero-order valence-electron chi connectivity index (χ0n) is 16.1. The third-order valence-corrected chi connectivity index (χ3v) is 7.87. The molecule has 0 spiro atoms. The number of carbonyl (C=O) groups excluding carboxylic acids is 2. The van der Waals surface area contributed by atoms with Crippen molar-refractivity contribution < 1.29 is 18.0 Å². The quantitative estimate of drug-likeness (QED) is 0.674. The summed E-state index contributed by atoms with van der Waals surface area (Å²) < 4.78 is 27.4. The fourth-order valence-corrected chi connectivity index (χ4v) is 5.67. The van der Waals surface area contributed by atoms with E-state index in [2.05, 4.69) is 0 Å². The molecule has 1 saturated heterocycles. The van der Waals surface area contributed by atoms with Crippen molar-refractivity contribution in [2.75, 3.05) is 26.2 Å². The van der Waals surface area contributed by atoms with Crippen LogP contribution in [0.3, 0.4) is 0 Å². The second kappa shape index (κ2) is 8.55. The van der Waals surface area contributed by atoms with Gasteiger partial charge in [-0.2, -0.15) is 4.31 Å². The van der Waals surface area contributed by atoms with E-state index in [9.17, 15) is 18.0 Å². The molecule has 0 radical (unpaired) electrons. The second-order valence-corrected chi connectivity index (χ2v) is 9.81. The molecule has 150 valence electrons. The van der Waals surface area contributed by atoms with Gasteiger partial charge < -0.3 is 4.90 Å². The van der Waals surface area contributed by atoms with E-state index >= 15 is 0 Å². The molecule has 1 aliphatic rings. The number of aryl methyl sites for hydroxylation is 2. The van der Waals surface area contributed by atoms with Crippen molar-refractivity contribution in [2.24, 2.45) is 0 Å². The molecule has 0 aliphatic carbocycles. The van der Waals surface area contributed by atoms with E-state index in [-0.39, 0.29) is 37.6 Å². The Morgan fingerprint density at radius 1 is 1.04 bits per heavy atom. The molecular weight excluding hydrogens is 396 g/mol. The minimum absolute atomic E-state index is 0.0283. The number of benzene rings is 1. The van der Waals surface area contributed by atoms with Gasteiger partial charge in [-0.05, 0) is 42.5 Å². The lowest BCUT2D eigenvalue weighted by Crippen LogP contribution is -2.50. The number of sulfonamides is 1. The Morgan fingerprint density at radius 3 is 2.39 bits per heavy atom. The van der Waals surface area contributed by atoms with Gasteiger partial charge in [0.1, 0.15) is 0 Å². The molecule has 0 atom stereocenters. The number of piperazine rings is 1. The molecule has 3 rings (SSSR count). The Hall–Kier alpha value is -2.03. The monoisotopic (exact) mass is 420 g/mol. The SMILES string of the molecule is Cc1ccc(C)c(S(=O)(=O)N2CCN(C(=O)CCC(=O)c3cccs3)CC2)c1. The summed E-state index contributed by atoms with van der Waals surface area (Å²) in [6, 6.07) is 8.97. The molecule has 2 heterocycles. The van der Waals surface area contributed by atoms with Gasteiger partial charge in [0, 0.05) is 39.0 Å². The first-order chi connectivity index (χ1) is 13.3. The fraction of sp³-hybridized carbons (Fsp3) is 0.400. The predicted molar refractivity (Wildman–Crippen MR) is 109 cm³/mol. The van der Waals surface area contributed by atoms with E-state index in [0.29, 0.717) is 22.9 Å². The zero-order valence-corrected chi connectivity index (χ0v) is 17.7. The van der Waals surface area contributed by atoms with Gasteiger partial charge in [-0.3, -0.25) is 9.59 Å². The lowest BCUT2D eigenvalue weighted by molar-refractivity contribution is -0.132. The van der Waals surface area contributed by atoms with Crippen LogP contribution in [0.25, 0.3) is 0 Å². The fourth-order valence-electron chi connectivity index (χ4n) is 3.24. The van der Waals surface area contributed by atoms with Gasteiger partial charge >= 0.3 is 0 Å². The van der Waals surface area contributed by atoms with E-state index in [1.807, 2.05) is 30.5 Å². The summed E-state index contributed by atoms with van der Waals surface area (Å²) in [5.41, 5.74) is 1.62. The summed E-state index contributed by atoms with van der Waals surface area (Å²) in [4.78, 5) is 27.1. The molecule has 1 aliphatic heterocycles. The molecule has 2 aromatic rings. The van der Waals surface area contributed by atoms with E-state index in [1.165, 1.54) is 15.6 Å². The molecular formula is C20H24N2O4S2. The van der Waals surface area contributed by atoms with Crippen LogP contribution >= 0.6 is 11.3 Å². The number of hydrogen-bond acceptors (Lipinski definition) is 5. The average Bonchev–Trinajstić information content (AvgIpc) is 3.22. The molecule has 0 unspecified atom stereocenters. The Morgan fingerprint density at radius 2 is 1.75 bits per heavy atom. The Labute approximate surface area is 169 Å². The van der Waals surface area contributed by atoms with Crippen LogP contribution in [0.4, 0.5) is 0 Å². The number of carbonyl (C=O) groups is 2. The maximum atomic E-state index is 13.0. The number of Topliss-reactive ketones (excluding diaryl/α,β-unsaturated/α-hetero) is 1.